The van der Waals surface area contributed by atoms with Crippen LogP contribution in [0.3, 0.4) is 0 Å². The van der Waals surface area contributed by atoms with E-state index in [-0.39, 0.29) is 18.1 Å². The fourth-order valence-electron chi connectivity index (χ4n) is 3.23. The van der Waals surface area contributed by atoms with Gasteiger partial charge in [-0.05, 0) is 30.7 Å². The van der Waals surface area contributed by atoms with Crippen LogP contribution < -0.4 is 0 Å². The Morgan fingerprint density at radius 3 is 2.76 bits per heavy atom. The molecule has 10 heteroatoms. The van der Waals surface area contributed by atoms with E-state index in [2.05, 4.69) is 5.16 Å². The highest BCUT2D eigenvalue weighted by molar-refractivity contribution is 7.19. The van der Waals surface area contributed by atoms with Gasteiger partial charge in [0, 0.05) is 25.8 Å². The summed E-state index contributed by atoms with van der Waals surface area (Å²) in [7, 11) is 0. The first-order valence-corrected chi connectivity index (χ1v) is 10.2. The first-order chi connectivity index (χ1) is 14.0. The number of thiophene rings is 1. The highest BCUT2D eigenvalue weighted by atomic mass is 35.5. The molecule has 1 saturated heterocycles. The van der Waals surface area contributed by atoms with Crippen molar-refractivity contribution in [1.82, 2.24) is 14.6 Å². The molecule has 1 N–H and O–H groups in total. The van der Waals surface area contributed by atoms with Crippen LogP contribution in [0, 0.1) is 0 Å². The number of rotatable bonds is 5. The minimum Gasteiger partial charge on any atom is -0.477 e. The maximum Gasteiger partial charge on any atom is 0.352 e. The summed E-state index contributed by atoms with van der Waals surface area (Å²) in [4.78, 5) is 27.2. The van der Waals surface area contributed by atoms with Gasteiger partial charge in [0.05, 0.1) is 22.4 Å². The largest absolute Gasteiger partial charge is 0.477 e. The normalized spacial score (nSPS) is 14.7. The van der Waals surface area contributed by atoms with Crippen LogP contribution in [0.1, 0.15) is 33.1 Å². The highest BCUT2D eigenvalue weighted by Crippen LogP contribution is 2.31. The summed E-state index contributed by atoms with van der Waals surface area (Å²) in [5.74, 6) is -0.799. The van der Waals surface area contributed by atoms with Crippen molar-refractivity contribution in [1.29, 1.82) is 0 Å². The summed E-state index contributed by atoms with van der Waals surface area (Å²) in [6.45, 7) is 2.22. The number of aromatic carboxylic acids is 1. The Kier molecular flexibility index (Phi) is 5.70. The molecule has 3 aromatic rings. The van der Waals surface area contributed by atoms with Crippen molar-refractivity contribution < 1.29 is 24.0 Å². The van der Waals surface area contributed by atoms with Gasteiger partial charge in [0.2, 0.25) is 0 Å². The average Bonchev–Trinajstić information content (AvgIpc) is 3.37. The van der Waals surface area contributed by atoms with Gasteiger partial charge in [-0.1, -0.05) is 16.8 Å². The molecule has 8 nitrogen and oxygen atoms in total. The van der Waals surface area contributed by atoms with Gasteiger partial charge >= 0.3 is 5.97 Å². The van der Waals surface area contributed by atoms with Gasteiger partial charge in [0.1, 0.15) is 17.1 Å². The van der Waals surface area contributed by atoms with E-state index in [0.717, 1.165) is 11.3 Å². The SMILES string of the molecule is O=C(O)c1ccc(C(=O)N2CCCOCC2)n1Cc1cc(-c2ccc(Cl)s2)on1. The number of halogens is 1. The number of ether oxygens (including phenoxy) is 1. The summed E-state index contributed by atoms with van der Waals surface area (Å²) < 4.78 is 12.9. The first-order valence-electron chi connectivity index (χ1n) is 9.04. The number of hydrogen-bond acceptors (Lipinski definition) is 6. The van der Waals surface area contributed by atoms with Crippen LogP contribution in [0.5, 0.6) is 0 Å². The number of carboxylic acids is 1. The minimum absolute atomic E-state index is 0.0168. The molecule has 1 aliphatic heterocycles. The lowest BCUT2D eigenvalue weighted by atomic mass is 10.3. The molecule has 1 fully saturated rings. The topological polar surface area (TPSA) is 97.8 Å². The van der Waals surface area contributed by atoms with Crippen LogP contribution in [0.4, 0.5) is 0 Å². The molecule has 0 aliphatic carbocycles. The summed E-state index contributed by atoms with van der Waals surface area (Å²) in [6, 6.07) is 8.29. The van der Waals surface area contributed by atoms with Crippen molar-refractivity contribution in [3.05, 3.63) is 51.7 Å². The lowest BCUT2D eigenvalue weighted by molar-refractivity contribution is 0.0683. The lowest BCUT2D eigenvalue weighted by Gasteiger charge is -2.20. The molecule has 29 heavy (non-hydrogen) atoms. The second-order valence-corrected chi connectivity index (χ2v) is 8.25. The van der Waals surface area contributed by atoms with Crippen molar-refractivity contribution in [2.75, 3.05) is 26.3 Å². The van der Waals surface area contributed by atoms with E-state index in [1.165, 1.54) is 28.0 Å². The number of carbonyl (C=O) groups is 2. The molecular formula is C19H18ClN3O5S. The molecule has 1 amide bonds. The van der Waals surface area contributed by atoms with Crippen LogP contribution in [0.25, 0.3) is 10.6 Å². The van der Waals surface area contributed by atoms with E-state index in [1.54, 1.807) is 17.0 Å². The number of amides is 1. The van der Waals surface area contributed by atoms with Crippen molar-refractivity contribution in [2.45, 2.75) is 13.0 Å². The lowest BCUT2D eigenvalue weighted by Crippen LogP contribution is -2.35. The van der Waals surface area contributed by atoms with Crippen LogP contribution >= 0.6 is 22.9 Å². The summed E-state index contributed by atoms with van der Waals surface area (Å²) in [6.07, 6.45) is 0.744. The molecular weight excluding hydrogens is 418 g/mol. The predicted octanol–water partition coefficient (Wildman–Crippen LogP) is 3.47. The quantitative estimate of drug-likeness (QED) is 0.659. The zero-order valence-corrected chi connectivity index (χ0v) is 16.9. The van der Waals surface area contributed by atoms with Gasteiger partial charge in [-0.25, -0.2) is 4.79 Å². The van der Waals surface area contributed by atoms with Gasteiger partial charge in [-0.2, -0.15) is 0 Å². The fourth-order valence-corrected chi connectivity index (χ4v) is 4.23. The Morgan fingerprint density at radius 2 is 2.00 bits per heavy atom. The summed E-state index contributed by atoms with van der Waals surface area (Å²) >= 11 is 7.32. The molecule has 0 bridgehead atoms. The highest BCUT2D eigenvalue weighted by Gasteiger charge is 2.25. The molecule has 152 valence electrons. The molecule has 1 aliphatic rings. The maximum absolute atomic E-state index is 13.0. The van der Waals surface area contributed by atoms with Crippen molar-refractivity contribution >= 4 is 34.8 Å². The molecule has 4 heterocycles. The fraction of sp³-hybridized carbons (Fsp3) is 0.316. The molecule has 0 unspecified atom stereocenters. The van der Waals surface area contributed by atoms with E-state index in [4.69, 9.17) is 20.9 Å². The van der Waals surface area contributed by atoms with Crippen molar-refractivity contribution in [2.24, 2.45) is 0 Å². The molecule has 3 aromatic heterocycles. The predicted molar refractivity (Wildman–Crippen MR) is 107 cm³/mol. The van der Waals surface area contributed by atoms with Crippen LogP contribution in [0.2, 0.25) is 4.34 Å². The molecule has 0 spiro atoms. The Morgan fingerprint density at radius 1 is 1.17 bits per heavy atom. The minimum atomic E-state index is -1.11. The third kappa shape index (κ3) is 4.21. The molecule has 0 atom stereocenters. The summed E-state index contributed by atoms with van der Waals surface area (Å²) in [5.41, 5.74) is 0.827. The maximum atomic E-state index is 13.0. The van der Waals surface area contributed by atoms with Gasteiger partial charge in [-0.3, -0.25) is 4.79 Å². The molecule has 0 aromatic carbocycles. The van der Waals surface area contributed by atoms with Crippen LogP contribution in [0.15, 0.2) is 34.9 Å². The Balaban J connectivity index is 1.62. The van der Waals surface area contributed by atoms with E-state index in [0.29, 0.717) is 47.8 Å². The van der Waals surface area contributed by atoms with Gasteiger partial charge in [0.25, 0.3) is 5.91 Å². The third-order valence-electron chi connectivity index (χ3n) is 4.62. The second kappa shape index (κ2) is 8.40. The van der Waals surface area contributed by atoms with Crippen molar-refractivity contribution in [3.8, 4) is 10.6 Å². The number of carboxylic acid groups (broad SMARTS) is 1. The van der Waals surface area contributed by atoms with Crippen LogP contribution in [-0.2, 0) is 11.3 Å². The van der Waals surface area contributed by atoms with E-state index >= 15 is 0 Å². The van der Waals surface area contributed by atoms with E-state index < -0.39 is 5.97 Å². The summed E-state index contributed by atoms with van der Waals surface area (Å²) in [5, 5.41) is 13.6. The number of hydrogen-bond donors (Lipinski definition) is 1. The van der Waals surface area contributed by atoms with Crippen LogP contribution in [-0.4, -0.2) is 57.9 Å². The average molecular weight is 436 g/mol. The smallest absolute Gasteiger partial charge is 0.352 e. The number of nitrogens with zero attached hydrogens (tertiary/aromatic N) is 3. The monoisotopic (exact) mass is 435 g/mol. The Bertz CT molecular complexity index is 1030. The molecule has 0 radical (unpaired) electrons. The van der Waals surface area contributed by atoms with Gasteiger partial charge in [-0.15, -0.1) is 11.3 Å². The first kappa shape index (κ1) is 19.7. The Labute approximate surface area is 175 Å². The standard InChI is InChI=1S/C19H18ClN3O5S/c20-17-5-4-16(29-17)15-10-12(21-28-15)11-23-13(2-3-14(23)19(25)26)18(24)22-6-1-8-27-9-7-22/h2-5,10H,1,6-9,11H2,(H,25,26). The third-order valence-corrected chi connectivity index (χ3v) is 5.87. The second-order valence-electron chi connectivity index (χ2n) is 6.54. The van der Waals surface area contributed by atoms with E-state index in [9.17, 15) is 14.7 Å². The Hall–Kier alpha value is -2.62. The molecule has 0 saturated carbocycles. The zero-order chi connectivity index (χ0) is 20.4. The number of carbonyl (C=O) groups excluding carboxylic acids is 1. The van der Waals surface area contributed by atoms with Crippen molar-refractivity contribution in [3.63, 3.8) is 0 Å². The van der Waals surface area contributed by atoms with E-state index in [1.807, 2.05) is 6.07 Å². The van der Waals surface area contributed by atoms with Gasteiger partial charge < -0.3 is 23.8 Å². The molecule has 4 rings (SSSR count). The zero-order valence-electron chi connectivity index (χ0n) is 15.3. The van der Waals surface area contributed by atoms with Gasteiger partial charge in [0.15, 0.2) is 5.76 Å². The number of aromatic nitrogens is 2.